The van der Waals surface area contributed by atoms with Crippen LogP contribution in [0.3, 0.4) is 0 Å². The number of nitrogens with zero attached hydrogens (tertiary/aromatic N) is 4. The van der Waals surface area contributed by atoms with Crippen LogP contribution in [-0.2, 0) is 4.74 Å². The highest BCUT2D eigenvalue weighted by atomic mass is 35.5. The fraction of sp³-hybridized carbons (Fsp3) is 0.292. The van der Waals surface area contributed by atoms with Gasteiger partial charge in [-0.2, -0.15) is 5.10 Å². The fourth-order valence-corrected chi connectivity index (χ4v) is 4.79. The highest BCUT2D eigenvalue weighted by molar-refractivity contribution is 7.14. The Bertz CT molecular complexity index is 1220. The van der Waals surface area contributed by atoms with Gasteiger partial charge in [-0.3, -0.25) is 4.90 Å². The minimum absolute atomic E-state index is 0.247. The van der Waals surface area contributed by atoms with Crippen LogP contribution >= 0.6 is 34.5 Å². The summed E-state index contributed by atoms with van der Waals surface area (Å²) in [7, 11) is 1.72. The summed E-state index contributed by atoms with van der Waals surface area (Å²) in [5.74, 6) is -0.987. The van der Waals surface area contributed by atoms with Crippen LogP contribution in [0.5, 0.6) is 0 Å². The maximum atomic E-state index is 13.9. The number of anilines is 1. The SMILES string of the molecule is CN(/N=C/c1cc(F)ccc1C(=O)OCCN1CCNCC1)c1nc(-c2ccc(Cl)cc2Cl)cs1. The van der Waals surface area contributed by atoms with Gasteiger partial charge in [-0.05, 0) is 36.4 Å². The van der Waals surface area contributed by atoms with E-state index in [4.69, 9.17) is 27.9 Å². The molecule has 7 nitrogen and oxygen atoms in total. The van der Waals surface area contributed by atoms with E-state index < -0.39 is 11.8 Å². The molecule has 1 aliphatic rings. The van der Waals surface area contributed by atoms with Crippen molar-refractivity contribution in [3.63, 3.8) is 0 Å². The molecule has 184 valence electrons. The number of hydrogen-bond acceptors (Lipinski definition) is 8. The van der Waals surface area contributed by atoms with Crippen molar-refractivity contribution in [3.05, 3.63) is 68.8 Å². The Morgan fingerprint density at radius 3 is 2.86 bits per heavy atom. The van der Waals surface area contributed by atoms with Crippen LogP contribution in [0.4, 0.5) is 9.52 Å². The molecular weight excluding hydrogens is 512 g/mol. The van der Waals surface area contributed by atoms with Crippen molar-refractivity contribution < 1.29 is 13.9 Å². The third-order valence-corrected chi connectivity index (χ3v) is 6.89. The number of ether oxygens (including phenoxy) is 1. The fourth-order valence-electron chi connectivity index (χ4n) is 3.54. The van der Waals surface area contributed by atoms with Gasteiger partial charge in [-0.1, -0.05) is 23.2 Å². The molecular formula is C24H24Cl2FN5O2S. The first-order valence-electron chi connectivity index (χ1n) is 11.0. The quantitative estimate of drug-likeness (QED) is 0.254. The van der Waals surface area contributed by atoms with Crippen LogP contribution in [-0.4, -0.2) is 68.4 Å². The van der Waals surface area contributed by atoms with Gasteiger partial charge in [0, 0.05) is 61.3 Å². The third-order valence-electron chi connectivity index (χ3n) is 5.43. The summed E-state index contributed by atoms with van der Waals surface area (Å²) in [6.45, 7) is 4.61. The van der Waals surface area contributed by atoms with E-state index in [2.05, 4.69) is 20.3 Å². The normalized spacial score (nSPS) is 14.4. The van der Waals surface area contributed by atoms with Crippen LogP contribution in [0.1, 0.15) is 15.9 Å². The predicted molar refractivity (Wildman–Crippen MR) is 140 cm³/mol. The van der Waals surface area contributed by atoms with Crippen molar-refractivity contribution in [3.8, 4) is 11.3 Å². The highest BCUT2D eigenvalue weighted by Crippen LogP contribution is 2.33. The van der Waals surface area contributed by atoms with Gasteiger partial charge in [-0.25, -0.2) is 19.2 Å². The molecule has 1 fully saturated rings. The highest BCUT2D eigenvalue weighted by Gasteiger charge is 2.16. The van der Waals surface area contributed by atoms with Crippen LogP contribution in [0, 0.1) is 5.82 Å². The second-order valence-electron chi connectivity index (χ2n) is 7.87. The number of carbonyl (C=O) groups excluding carboxylic acids is 1. The van der Waals surface area contributed by atoms with Gasteiger partial charge < -0.3 is 10.1 Å². The Balaban J connectivity index is 1.43. The number of nitrogens with one attached hydrogen (secondary N) is 1. The van der Waals surface area contributed by atoms with E-state index in [-0.39, 0.29) is 12.2 Å². The monoisotopic (exact) mass is 535 g/mol. The Labute approximate surface area is 217 Å². The summed E-state index contributed by atoms with van der Waals surface area (Å²) in [4.78, 5) is 19.5. The molecule has 1 aliphatic heterocycles. The van der Waals surface area contributed by atoms with Gasteiger partial charge >= 0.3 is 5.97 Å². The molecule has 1 saturated heterocycles. The third kappa shape index (κ3) is 6.77. The topological polar surface area (TPSA) is 70.1 Å². The summed E-state index contributed by atoms with van der Waals surface area (Å²) in [5, 5.41) is 12.7. The maximum Gasteiger partial charge on any atom is 0.338 e. The van der Waals surface area contributed by atoms with Gasteiger partial charge in [0.25, 0.3) is 0 Å². The zero-order chi connectivity index (χ0) is 24.8. The zero-order valence-electron chi connectivity index (χ0n) is 19.0. The van der Waals surface area contributed by atoms with Crippen molar-refractivity contribution in [2.75, 3.05) is 51.4 Å². The number of carbonyl (C=O) groups is 1. The summed E-state index contributed by atoms with van der Waals surface area (Å²) < 4.78 is 19.4. The molecule has 0 bridgehead atoms. The first kappa shape index (κ1) is 25.5. The van der Waals surface area contributed by atoms with Gasteiger partial charge in [0.15, 0.2) is 0 Å². The lowest BCUT2D eigenvalue weighted by molar-refractivity contribution is 0.0456. The summed E-state index contributed by atoms with van der Waals surface area (Å²) in [6, 6.07) is 9.11. The molecule has 0 unspecified atom stereocenters. The Morgan fingerprint density at radius 2 is 2.09 bits per heavy atom. The van der Waals surface area contributed by atoms with Crippen LogP contribution in [0.25, 0.3) is 11.3 Å². The average Bonchev–Trinajstić information content (AvgIpc) is 3.33. The molecule has 2 aromatic carbocycles. The number of aromatic nitrogens is 1. The van der Waals surface area contributed by atoms with Gasteiger partial charge in [-0.15, -0.1) is 11.3 Å². The molecule has 0 atom stereocenters. The standard InChI is InChI=1S/C24H24Cl2FN5O2S/c1-31(24-30-22(15-35-24)20-4-2-17(25)13-21(20)26)29-14-16-12-18(27)3-5-19(16)23(33)34-11-10-32-8-6-28-7-9-32/h2-5,12-15,28H,6-11H2,1H3/b29-14+. The summed E-state index contributed by atoms with van der Waals surface area (Å²) in [6.07, 6.45) is 1.42. The molecule has 0 amide bonds. The minimum Gasteiger partial charge on any atom is -0.461 e. The number of esters is 1. The first-order valence-corrected chi connectivity index (χ1v) is 12.6. The molecule has 0 saturated carbocycles. The molecule has 0 radical (unpaired) electrons. The molecule has 3 aromatic rings. The van der Waals surface area contributed by atoms with Gasteiger partial charge in [0.05, 0.1) is 22.5 Å². The van der Waals surface area contributed by atoms with Crippen molar-refractivity contribution >= 4 is 51.9 Å². The van der Waals surface area contributed by atoms with Crippen molar-refractivity contribution in [2.45, 2.75) is 0 Å². The van der Waals surface area contributed by atoms with Crippen molar-refractivity contribution in [1.29, 1.82) is 0 Å². The molecule has 1 N–H and O–H groups in total. The second kappa shape index (κ2) is 11.9. The number of hydrazone groups is 1. The van der Waals surface area contributed by atoms with Crippen LogP contribution in [0.15, 0.2) is 46.9 Å². The Morgan fingerprint density at radius 1 is 1.29 bits per heavy atom. The van der Waals surface area contributed by atoms with Crippen molar-refractivity contribution in [1.82, 2.24) is 15.2 Å². The minimum atomic E-state index is -0.516. The average molecular weight is 536 g/mol. The Hall–Kier alpha value is -2.56. The molecule has 1 aromatic heterocycles. The first-order chi connectivity index (χ1) is 16.9. The molecule has 35 heavy (non-hydrogen) atoms. The predicted octanol–water partition coefficient (Wildman–Crippen LogP) is 4.79. The molecule has 11 heteroatoms. The van der Waals surface area contributed by atoms with Crippen LogP contribution in [0.2, 0.25) is 10.0 Å². The number of halogens is 3. The van der Waals surface area contributed by atoms with Crippen LogP contribution < -0.4 is 10.3 Å². The largest absolute Gasteiger partial charge is 0.461 e. The van der Waals surface area contributed by atoms with Gasteiger partial charge in [0.2, 0.25) is 5.13 Å². The maximum absolute atomic E-state index is 13.9. The number of thiazole rings is 1. The smallest absolute Gasteiger partial charge is 0.338 e. The Kier molecular flexibility index (Phi) is 8.69. The van der Waals surface area contributed by atoms with E-state index in [9.17, 15) is 9.18 Å². The van der Waals surface area contributed by atoms with E-state index in [1.165, 1.54) is 35.8 Å². The van der Waals surface area contributed by atoms with E-state index in [1.807, 2.05) is 5.38 Å². The van der Waals surface area contributed by atoms with E-state index in [0.717, 1.165) is 31.7 Å². The lowest BCUT2D eigenvalue weighted by Gasteiger charge is -2.26. The van der Waals surface area contributed by atoms with Crippen molar-refractivity contribution in [2.24, 2.45) is 5.10 Å². The van der Waals surface area contributed by atoms with E-state index in [1.54, 1.807) is 30.3 Å². The number of rotatable bonds is 8. The van der Waals surface area contributed by atoms with E-state index in [0.29, 0.717) is 33.0 Å². The molecule has 0 spiro atoms. The lowest BCUT2D eigenvalue weighted by atomic mass is 10.1. The molecule has 2 heterocycles. The molecule has 4 rings (SSSR count). The molecule has 0 aliphatic carbocycles. The van der Waals surface area contributed by atoms with Gasteiger partial charge in [0.1, 0.15) is 12.4 Å². The zero-order valence-corrected chi connectivity index (χ0v) is 21.3. The summed E-state index contributed by atoms with van der Waals surface area (Å²) in [5.41, 5.74) is 2.01. The number of piperazine rings is 1. The lowest BCUT2D eigenvalue weighted by Crippen LogP contribution is -2.44. The summed E-state index contributed by atoms with van der Waals surface area (Å²) >= 11 is 13.6. The van der Waals surface area contributed by atoms with E-state index >= 15 is 0 Å². The number of benzene rings is 2. The second-order valence-corrected chi connectivity index (χ2v) is 9.55. The number of hydrogen-bond donors (Lipinski definition) is 1.